The summed E-state index contributed by atoms with van der Waals surface area (Å²) in [5.74, 6) is 0.198. The van der Waals surface area contributed by atoms with E-state index in [4.69, 9.17) is 4.74 Å². The van der Waals surface area contributed by atoms with Gasteiger partial charge >= 0.3 is 0 Å². The topological polar surface area (TPSA) is 29.5 Å². The fraction of sp³-hybridized carbons (Fsp3) is 0.533. The summed E-state index contributed by atoms with van der Waals surface area (Å²) >= 11 is 1.69. The summed E-state index contributed by atoms with van der Waals surface area (Å²) < 4.78 is 5.56. The Morgan fingerprint density at radius 3 is 3.16 bits per heavy atom. The van der Waals surface area contributed by atoms with E-state index in [-0.39, 0.29) is 12.0 Å². The molecule has 104 valence electrons. The van der Waals surface area contributed by atoms with Gasteiger partial charge in [-0.15, -0.1) is 17.9 Å². The molecule has 0 spiro atoms. The predicted octanol–water partition coefficient (Wildman–Crippen LogP) is 3.22. The van der Waals surface area contributed by atoms with Gasteiger partial charge in [-0.2, -0.15) is 0 Å². The smallest absolute Gasteiger partial charge is 0.223 e. The molecule has 2 rings (SSSR count). The lowest BCUT2D eigenvalue weighted by molar-refractivity contribution is -0.131. The Hall–Kier alpha value is -1.13. The Morgan fingerprint density at radius 1 is 1.63 bits per heavy atom. The average molecular weight is 279 g/mol. The van der Waals surface area contributed by atoms with Crippen LogP contribution < -0.4 is 0 Å². The van der Waals surface area contributed by atoms with E-state index in [9.17, 15) is 4.79 Å². The van der Waals surface area contributed by atoms with Crippen molar-refractivity contribution in [2.75, 3.05) is 13.2 Å². The summed E-state index contributed by atoms with van der Waals surface area (Å²) in [6.45, 7) is 5.89. The second-order valence-corrected chi connectivity index (χ2v) is 5.85. The average Bonchev–Trinajstić information content (AvgIpc) is 3.08. The van der Waals surface area contributed by atoms with Crippen LogP contribution in [0, 0.1) is 0 Å². The number of ether oxygens (including phenoxy) is 1. The van der Waals surface area contributed by atoms with Crippen LogP contribution in [-0.4, -0.2) is 30.1 Å². The van der Waals surface area contributed by atoms with Gasteiger partial charge in [0.25, 0.3) is 0 Å². The molecule has 3 nitrogen and oxygen atoms in total. The fourth-order valence-electron chi connectivity index (χ4n) is 2.32. The predicted molar refractivity (Wildman–Crippen MR) is 78.1 cm³/mol. The summed E-state index contributed by atoms with van der Waals surface area (Å²) in [6, 6.07) is 4.08. The molecule has 1 unspecified atom stereocenters. The number of carbonyl (C=O) groups is 1. The van der Waals surface area contributed by atoms with Gasteiger partial charge in [-0.25, -0.2) is 0 Å². The van der Waals surface area contributed by atoms with E-state index < -0.39 is 0 Å². The minimum Gasteiger partial charge on any atom is -0.378 e. The Morgan fingerprint density at radius 2 is 2.53 bits per heavy atom. The highest BCUT2D eigenvalue weighted by molar-refractivity contribution is 7.09. The number of carbonyl (C=O) groups excluding carboxylic acids is 1. The zero-order chi connectivity index (χ0) is 13.5. The van der Waals surface area contributed by atoms with Gasteiger partial charge in [0.2, 0.25) is 5.91 Å². The monoisotopic (exact) mass is 279 g/mol. The SMILES string of the molecule is C=CCN(Cc1cccs1)C(=O)CCC1CCCO1. The van der Waals surface area contributed by atoms with Crippen molar-refractivity contribution in [3.63, 3.8) is 0 Å². The maximum absolute atomic E-state index is 12.2. The van der Waals surface area contributed by atoms with Crippen LogP contribution in [0.3, 0.4) is 0 Å². The standard InChI is InChI=1S/C15H21NO2S/c1-2-9-16(12-14-6-4-11-19-14)15(17)8-7-13-5-3-10-18-13/h2,4,6,11,13H,1,3,5,7-10,12H2. The number of thiophene rings is 1. The van der Waals surface area contributed by atoms with Crippen LogP contribution in [0.5, 0.6) is 0 Å². The molecule has 1 fully saturated rings. The molecule has 4 heteroatoms. The van der Waals surface area contributed by atoms with Crippen LogP contribution in [0.1, 0.15) is 30.6 Å². The lowest BCUT2D eigenvalue weighted by atomic mass is 10.1. The number of hydrogen-bond donors (Lipinski definition) is 0. The zero-order valence-electron chi connectivity index (χ0n) is 11.2. The molecule has 19 heavy (non-hydrogen) atoms. The van der Waals surface area contributed by atoms with E-state index in [1.165, 1.54) is 4.88 Å². The minimum absolute atomic E-state index is 0.198. The Balaban J connectivity index is 1.82. The van der Waals surface area contributed by atoms with Crippen molar-refractivity contribution in [2.45, 2.75) is 38.3 Å². The summed E-state index contributed by atoms with van der Waals surface area (Å²) in [4.78, 5) is 15.3. The van der Waals surface area contributed by atoms with E-state index in [0.717, 1.165) is 25.9 Å². The number of hydrogen-bond acceptors (Lipinski definition) is 3. The quantitative estimate of drug-likeness (QED) is 0.717. The molecular formula is C15H21NO2S. The third-order valence-electron chi connectivity index (χ3n) is 3.33. The lowest BCUT2D eigenvalue weighted by Gasteiger charge is -2.21. The van der Waals surface area contributed by atoms with Crippen molar-refractivity contribution in [1.82, 2.24) is 4.90 Å². The lowest BCUT2D eigenvalue weighted by Crippen LogP contribution is -2.30. The van der Waals surface area contributed by atoms with Gasteiger partial charge in [0.15, 0.2) is 0 Å². The highest BCUT2D eigenvalue weighted by Gasteiger charge is 2.19. The van der Waals surface area contributed by atoms with Gasteiger partial charge in [-0.05, 0) is 30.7 Å². The summed E-state index contributed by atoms with van der Waals surface area (Å²) in [7, 11) is 0. The maximum atomic E-state index is 12.2. The van der Waals surface area contributed by atoms with E-state index >= 15 is 0 Å². The maximum Gasteiger partial charge on any atom is 0.223 e. The molecule has 0 saturated carbocycles. The van der Waals surface area contributed by atoms with Crippen molar-refractivity contribution >= 4 is 17.2 Å². The van der Waals surface area contributed by atoms with Crippen molar-refractivity contribution < 1.29 is 9.53 Å². The Labute approximate surface area is 118 Å². The van der Waals surface area contributed by atoms with E-state index in [2.05, 4.69) is 12.6 Å². The zero-order valence-corrected chi connectivity index (χ0v) is 12.0. The second kappa shape index (κ2) is 7.46. The number of nitrogens with zero attached hydrogens (tertiary/aromatic N) is 1. The molecule has 1 saturated heterocycles. The van der Waals surface area contributed by atoms with E-state index in [1.54, 1.807) is 17.4 Å². The van der Waals surface area contributed by atoms with Crippen LogP contribution in [-0.2, 0) is 16.1 Å². The van der Waals surface area contributed by atoms with E-state index in [0.29, 0.717) is 19.5 Å². The van der Waals surface area contributed by atoms with Gasteiger partial charge in [0, 0.05) is 24.4 Å². The van der Waals surface area contributed by atoms with Gasteiger partial charge in [-0.3, -0.25) is 4.79 Å². The van der Waals surface area contributed by atoms with Gasteiger partial charge < -0.3 is 9.64 Å². The molecule has 0 radical (unpaired) electrons. The van der Waals surface area contributed by atoms with Crippen LogP contribution in [0.2, 0.25) is 0 Å². The van der Waals surface area contributed by atoms with Gasteiger partial charge in [0.1, 0.15) is 0 Å². The second-order valence-electron chi connectivity index (χ2n) is 4.82. The van der Waals surface area contributed by atoms with Crippen LogP contribution in [0.25, 0.3) is 0 Å². The number of amides is 1. The minimum atomic E-state index is 0.198. The molecule has 1 aromatic heterocycles. The molecule has 1 aliphatic heterocycles. The fourth-order valence-corrected chi connectivity index (χ4v) is 3.04. The normalized spacial score (nSPS) is 18.4. The molecule has 0 bridgehead atoms. The summed E-state index contributed by atoms with van der Waals surface area (Å²) in [5, 5.41) is 2.04. The highest BCUT2D eigenvalue weighted by atomic mass is 32.1. The number of rotatable bonds is 7. The van der Waals surface area contributed by atoms with Crippen LogP contribution >= 0.6 is 11.3 Å². The molecule has 0 aliphatic carbocycles. The molecule has 0 N–H and O–H groups in total. The molecule has 1 amide bonds. The van der Waals surface area contributed by atoms with E-state index in [1.807, 2.05) is 16.3 Å². The Kier molecular flexibility index (Phi) is 5.61. The first kappa shape index (κ1) is 14.3. The molecule has 0 aromatic carbocycles. The molecular weight excluding hydrogens is 258 g/mol. The first-order valence-corrected chi connectivity index (χ1v) is 7.70. The molecule has 2 heterocycles. The van der Waals surface area contributed by atoms with Crippen molar-refractivity contribution in [3.05, 3.63) is 35.0 Å². The largest absolute Gasteiger partial charge is 0.378 e. The molecule has 1 atom stereocenters. The van der Waals surface area contributed by atoms with Gasteiger partial charge in [0.05, 0.1) is 12.6 Å². The first-order valence-electron chi connectivity index (χ1n) is 6.82. The third-order valence-corrected chi connectivity index (χ3v) is 4.19. The molecule has 1 aliphatic rings. The highest BCUT2D eigenvalue weighted by Crippen LogP contribution is 2.18. The first-order chi connectivity index (χ1) is 9.29. The Bertz CT molecular complexity index is 396. The summed E-state index contributed by atoms with van der Waals surface area (Å²) in [5.41, 5.74) is 0. The van der Waals surface area contributed by atoms with Crippen molar-refractivity contribution in [2.24, 2.45) is 0 Å². The van der Waals surface area contributed by atoms with Gasteiger partial charge in [-0.1, -0.05) is 12.1 Å². The van der Waals surface area contributed by atoms with Crippen LogP contribution in [0.4, 0.5) is 0 Å². The summed E-state index contributed by atoms with van der Waals surface area (Å²) in [6.07, 6.45) is 5.72. The van der Waals surface area contributed by atoms with Crippen LogP contribution in [0.15, 0.2) is 30.2 Å². The van der Waals surface area contributed by atoms with Crippen molar-refractivity contribution in [3.8, 4) is 0 Å². The van der Waals surface area contributed by atoms with Crippen molar-refractivity contribution in [1.29, 1.82) is 0 Å². The molecule has 1 aromatic rings. The third kappa shape index (κ3) is 4.48.